The molecule has 3 rings (SSSR count). The van der Waals surface area contributed by atoms with E-state index in [4.69, 9.17) is 9.15 Å². The molecular formula is C18H19N3O3. The van der Waals surface area contributed by atoms with Crippen molar-refractivity contribution in [1.82, 2.24) is 14.9 Å². The van der Waals surface area contributed by atoms with Gasteiger partial charge in [0.1, 0.15) is 12.4 Å². The summed E-state index contributed by atoms with van der Waals surface area (Å²) in [6.07, 6.45) is 6.78. The molecule has 124 valence electrons. The molecule has 0 saturated carbocycles. The third kappa shape index (κ3) is 4.04. The molecule has 3 aromatic rings. The first-order valence-electron chi connectivity index (χ1n) is 7.73. The van der Waals surface area contributed by atoms with Crippen molar-refractivity contribution in [3.8, 4) is 5.75 Å². The molecule has 6 nitrogen and oxygen atoms in total. The molecule has 24 heavy (non-hydrogen) atoms. The SMILES string of the molecule is C[C@@H](Cn1ccnc1)NC(=O)c1occc1COc1ccccc1. The fourth-order valence-electron chi connectivity index (χ4n) is 2.37. The van der Waals surface area contributed by atoms with Crippen LogP contribution in [0.4, 0.5) is 0 Å². The van der Waals surface area contributed by atoms with Crippen LogP contribution in [0.2, 0.25) is 0 Å². The summed E-state index contributed by atoms with van der Waals surface area (Å²) < 4.78 is 12.9. The predicted octanol–water partition coefficient (Wildman–Crippen LogP) is 2.87. The monoisotopic (exact) mass is 325 g/mol. The Hall–Kier alpha value is -3.02. The van der Waals surface area contributed by atoms with Gasteiger partial charge in [-0.05, 0) is 25.1 Å². The molecule has 0 saturated heterocycles. The van der Waals surface area contributed by atoms with Crippen LogP contribution in [0.15, 0.2) is 65.8 Å². The molecule has 0 fully saturated rings. The lowest BCUT2D eigenvalue weighted by atomic mass is 10.2. The van der Waals surface area contributed by atoms with Crippen molar-refractivity contribution in [2.24, 2.45) is 0 Å². The number of aromatic nitrogens is 2. The topological polar surface area (TPSA) is 69.3 Å². The van der Waals surface area contributed by atoms with Crippen LogP contribution in [0.5, 0.6) is 5.75 Å². The van der Waals surface area contributed by atoms with Crippen LogP contribution < -0.4 is 10.1 Å². The van der Waals surface area contributed by atoms with Crippen LogP contribution in [-0.2, 0) is 13.2 Å². The van der Waals surface area contributed by atoms with Crippen LogP contribution >= 0.6 is 0 Å². The van der Waals surface area contributed by atoms with E-state index in [-0.39, 0.29) is 24.3 Å². The zero-order chi connectivity index (χ0) is 16.8. The van der Waals surface area contributed by atoms with E-state index >= 15 is 0 Å². The lowest BCUT2D eigenvalue weighted by Gasteiger charge is -2.14. The number of carbonyl (C=O) groups excluding carboxylic acids is 1. The number of benzene rings is 1. The van der Waals surface area contributed by atoms with Gasteiger partial charge >= 0.3 is 0 Å². The van der Waals surface area contributed by atoms with E-state index in [0.29, 0.717) is 12.1 Å². The summed E-state index contributed by atoms with van der Waals surface area (Å²) in [4.78, 5) is 16.4. The second-order valence-electron chi connectivity index (χ2n) is 5.51. The Labute approximate surface area is 140 Å². The van der Waals surface area contributed by atoms with Gasteiger partial charge in [-0.15, -0.1) is 0 Å². The van der Waals surface area contributed by atoms with Gasteiger partial charge in [0.2, 0.25) is 0 Å². The summed E-state index contributed by atoms with van der Waals surface area (Å²) in [5.74, 6) is 0.779. The maximum atomic E-state index is 12.4. The van der Waals surface area contributed by atoms with Crippen molar-refractivity contribution in [2.45, 2.75) is 26.1 Å². The lowest BCUT2D eigenvalue weighted by molar-refractivity contribution is 0.0905. The zero-order valence-electron chi connectivity index (χ0n) is 13.4. The molecule has 0 unspecified atom stereocenters. The van der Waals surface area contributed by atoms with E-state index in [9.17, 15) is 4.79 Å². The Morgan fingerprint density at radius 2 is 2.17 bits per heavy atom. The van der Waals surface area contributed by atoms with Crippen LogP contribution in [0.25, 0.3) is 0 Å². The van der Waals surface area contributed by atoms with Gasteiger partial charge in [0, 0.05) is 30.5 Å². The molecule has 2 aromatic heterocycles. The third-order valence-electron chi connectivity index (χ3n) is 3.51. The highest BCUT2D eigenvalue weighted by Crippen LogP contribution is 2.16. The Balaban J connectivity index is 1.58. The second kappa shape index (κ2) is 7.50. The summed E-state index contributed by atoms with van der Waals surface area (Å²) >= 11 is 0. The molecule has 1 N–H and O–H groups in total. The average Bonchev–Trinajstić information content (AvgIpc) is 3.25. The van der Waals surface area contributed by atoms with E-state index in [1.807, 2.05) is 48.0 Å². The molecule has 1 amide bonds. The van der Waals surface area contributed by atoms with Crippen LogP contribution in [-0.4, -0.2) is 21.5 Å². The molecule has 2 heterocycles. The molecule has 0 aliphatic rings. The number of ether oxygens (including phenoxy) is 1. The van der Waals surface area contributed by atoms with Crippen molar-refractivity contribution in [3.63, 3.8) is 0 Å². The first-order valence-corrected chi connectivity index (χ1v) is 7.73. The molecule has 0 aliphatic heterocycles. The quantitative estimate of drug-likeness (QED) is 0.725. The van der Waals surface area contributed by atoms with E-state index in [0.717, 1.165) is 5.75 Å². The number of nitrogens with zero attached hydrogens (tertiary/aromatic N) is 2. The Bertz CT molecular complexity index is 766. The van der Waals surface area contributed by atoms with Gasteiger partial charge in [0.25, 0.3) is 5.91 Å². The second-order valence-corrected chi connectivity index (χ2v) is 5.51. The third-order valence-corrected chi connectivity index (χ3v) is 3.51. The van der Waals surface area contributed by atoms with Crippen LogP contribution in [0, 0.1) is 0 Å². The normalized spacial score (nSPS) is 11.9. The van der Waals surface area contributed by atoms with E-state index in [1.165, 1.54) is 6.26 Å². The van der Waals surface area contributed by atoms with Crippen LogP contribution in [0.3, 0.4) is 0 Å². The van der Waals surface area contributed by atoms with Gasteiger partial charge in [0.05, 0.1) is 12.6 Å². The van der Waals surface area contributed by atoms with Crippen molar-refractivity contribution in [2.75, 3.05) is 0 Å². The molecule has 6 heteroatoms. The minimum absolute atomic E-state index is 0.0558. The number of nitrogens with one attached hydrogen (secondary N) is 1. The molecule has 0 spiro atoms. The summed E-state index contributed by atoms with van der Waals surface area (Å²) in [5.41, 5.74) is 0.714. The summed E-state index contributed by atoms with van der Waals surface area (Å²) in [7, 11) is 0. The van der Waals surface area contributed by atoms with Gasteiger partial charge < -0.3 is 19.0 Å². The number of rotatable bonds is 7. The Morgan fingerprint density at radius 3 is 2.92 bits per heavy atom. The summed E-state index contributed by atoms with van der Waals surface area (Å²) in [5, 5.41) is 2.92. The highest BCUT2D eigenvalue weighted by molar-refractivity contribution is 5.93. The standard InChI is InChI=1S/C18H19N3O3/c1-14(11-21-9-8-19-13-21)20-18(22)17-15(7-10-23-17)12-24-16-5-3-2-4-6-16/h2-10,13-14H,11-12H2,1H3,(H,20,22)/t14-/m0/s1. The largest absolute Gasteiger partial charge is 0.489 e. The minimum atomic E-state index is -0.251. The number of para-hydroxylation sites is 1. The van der Waals surface area contributed by atoms with Gasteiger partial charge in [-0.25, -0.2) is 4.98 Å². The van der Waals surface area contributed by atoms with Crippen molar-refractivity contribution < 1.29 is 13.9 Å². The Kier molecular flexibility index (Phi) is 4.96. The van der Waals surface area contributed by atoms with Crippen LogP contribution in [0.1, 0.15) is 23.0 Å². The molecule has 1 atom stereocenters. The molecular weight excluding hydrogens is 306 g/mol. The average molecular weight is 325 g/mol. The number of hydrogen-bond acceptors (Lipinski definition) is 4. The number of imidazole rings is 1. The maximum Gasteiger partial charge on any atom is 0.287 e. The molecule has 0 aliphatic carbocycles. The van der Waals surface area contributed by atoms with Crippen molar-refractivity contribution in [3.05, 3.63) is 72.7 Å². The highest BCUT2D eigenvalue weighted by Gasteiger charge is 2.18. The molecule has 1 aromatic carbocycles. The first-order chi connectivity index (χ1) is 11.7. The van der Waals surface area contributed by atoms with Crippen molar-refractivity contribution >= 4 is 5.91 Å². The number of hydrogen-bond donors (Lipinski definition) is 1. The summed E-state index contributed by atoms with van der Waals surface area (Å²) in [6, 6.07) is 11.1. The minimum Gasteiger partial charge on any atom is -0.489 e. The molecule has 0 bridgehead atoms. The van der Waals surface area contributed by atoms with Gasteiger partial charge in [-0.2, -0.15) is 0 Å². The maximum absolute atomic E-state index is 12.4. The van der Waals surface area contributed by atoms with Crippen molar-refractivity contribution in [1.29, 1.82) is 0 Å². The number of furan rings is 1. The van der Waals surface area contributed by atoms with E-state index < -0.39 is 0 Å². The van der Waals surface area contributed by atoms with Gasteiger partial charge in [-0.3, -0.25) is 4.79 Å². The van der Waals surface area contributed by atoms with Gasteiger partial charge in [-0.1, -0.05) is 18.2 Å². The first kappa shape index (κ1) is 15.9. The summed E-state index contributed by atoms with van der Waals surface area (Å²) in [6.45, 7) is 2.85. The number of carbonyl (C=O) groups is 1. The number of amides is 1. The molecule has 0 radical (unpaired) electrons. The smallest absolute Gasteiger partial charge is 0.287 e. The fourth-order valence-corrected chi connectivity index (χ4v) is 2.37. The highest BCUT2D eigenvalue weighted by atomic mass is 16.5. The zero-order valence-corrected chi connectivity index (χ0v) is 13.4. The Morgan fingerprint density at radius 1 is 1.33 bits per heavy atom. The van der Waals surface area contributed by atoms with E-state index in [2.05, 4.69) is 10.3 Å². The predicted molar refractivity (Wildman–Crippen MR) is 88.6 cm³/mol. The fraction of sp³-hybridized carbons (Fsp3) is 0.222. The lowest BCUT2D eigenvalue weighted by Crippen LogP contribution is -2.35. The van der Waals surface area contributed by atoms with Gasteiger partial charge in [0.15, 0.2) is 5.76 Å². The van der Waals surface area contributed by atoms with E-state index in [1.54, 1.807) is 18.6 Å².